The second kappa shape index (κ2) is 22.3. The van der Waals surface area contributed by atoms with Gasteiger partial charge in [0.15, 0.2) is 0 Å². The number of ketones is 1. The van der Waals surface area contributed by atoms with Crippen LogP contribution < -0.4 is 4.74 Å². The van der Waals surface area contributed by atoms with Crippen LogP contribution in [0.4, 0.5) is 0 Å². The number of tetrazole rings is 1. The minimum atomic E-state index is 0.100. The third-order valence-electron chi connectivity index (χ3n) is 6.41. The van der Waals surface area contributed by atoms with Gasteiger partial charge in [-0.05, 0) is 42.3 Å². The molecule has 1 aromatic carbocycles. The Morgan fingerprint density at radius 1 is 0.711 bits per heavy atom. The summed E-state index contributed by atoms with van der Waals surface area (Å²) in [6.07, 6.45) is 18.0. The molecule has 0 aliphatic carbocycles. The average Bonchev–Trinajstić information content (AvgIpc) is 3.48. The molecule has 0 unspecified atom stereocenters. The van der Waals surface area contributed by atoms with Crippen molar-refractivity contribution in [3.8, 4) is 17.1 Å². The molecule has 0 radical (unpaired) electrons. The molecule has 212 valence electrons. The maximum absolute atomic E-state index is 11.8. The standard InChI is InChI=1S/C29H46N4O5/c34-20-23-37-25-24-36-22-19-27(35)14-12-10-8-6-4-2-1-3-5-7-9-11-13-21-38-28-17-15-26(16-18-28)29-30-32-33-31-29/h15-18,20H,1-14,19,21-25H2,(H,30,31,32,33). The largest absolute Gasteiger partial charge is 0.494 e. The molecule has 0 bridgehead atoms. The molecule has 0 saturated carbocycles. The molecule has 0 amide bonds. The Kier molecular flexibility index (Phi) is 18.6. The van der Waals surface area contributed by atoms with Crippen molar-refractivity contribution in [2.24, 2.45) is 0 Å². The molecule has 0 spiro atoms. The van der Waals surface area contributed by atoms with E-state index in [1.54, 1.807) is 0 Å². The average molecular weight is 531 g/mol. The lowest BCUT2D eigenvalue weighted by molar-refractivity contribution is -0.120. The van der Waals surface area contributed by atoms with Crippen molar-refractivity contribution in [3.63, 3.8) is 0 Å². The fourth-order valence-corrected chi connectivity index (χ4v) is 4.21. The van der Waals surface area contributed by atoms with Gasteiger partial charge >= 0.3 is 0 Å². The molecule has 0 saturated heterocycles. The number of aromatic amines is 1. The third-order valence-corrected chi connectivity index (χ3v) is 6.41. The van der Waals surface area contributed by atoms with Crippen molar-refractivity contribution in [1.29, 1.82) is 0 Å². The Balaban J connectivity index is 1.26. The van der Waals surface area contributed by atoms with Crippen molar-refractivity contribution in [2.75, 3.05) is 33.0 Å². The second-order valence-corrected chi connectivity index (χ2v) is 9.60. The number of ether oxygens (including phenoxy) is 3. The lowest BCUT2D eigenvalue weighted by Crippen LogP contribution is -2.09. The number of benzene rings is 1. The van der Waals surface area contributed by atoms with Crippen molar-refractivity contribution in [2.45, 2.75) is 96.3 Å². The zero-order valence-electron chi connectivity index (χ0n) is 22.9. The van der Waals surface area contributed by atoms with Gasteiger partial charge in [0, 0.05) is 18.4 Å². The molecule has 2 rings (SSSR count). The molecular formula is C29H46N4O5. The van der Waals surface area contributed by atoms with Gasteiger partial charge in [-0.25, -0.2) is 0 Å². The van der Waals surface area contributed by atoms with E-state index in [4.69, 9.17) is 14.2 Å². The number of hydrogen-bond donors (Lipinski definition) is 1. The van der Waals surface area contributed by atoms with E-state index in [-0.39, 0.29) is 12.4 Å². The molecule has 1 heterocycles. The van der Waals surface area contributed by atoms with Crippen LogP contribution in [-0.4, -0.2) is 65.7 Å². The molecule has 0 fully saturated rings. The summed E-state index contributed by atoms with van der Waals surface area (Å²) in [5, 5.41) is 14.0. The van der Waals surface area contributed by atoms with Crippen LogP contribution in [0.3, 0.4) is 0 Å². The Morgan fingerprint density at radius 3 is 1.92 bits per heavy atom. The van der Waals surface area contributed by atoms with Crippen molar-refractivity contribution < 1.29 is 23.8 Å². The molecule has 38 heavy (non-hydrogen) atoms. The first-order chi connectivity index (χ1) is 18.8. The van der Waals surface area contributed by atoms with Crippen LogP contribution in [0.5, 0.6) is 5.75 Å². The van der Waals surface area contributed by atoms with E-state index in [2.05, 4.69) is 20.6 Å². The number of carbonyl (C=O) groups excluding carboxylic acids is 2. The summed E-state index contributed by atoms with van der Waals surface area (Å²) >= 11 is 0. The van der Waals surface area contributed by atoms with E-state index in [0.29, 0.717) is 38.5 Å². The van der Waals surface area contributed by atoms with E-state index in [0.717, 1.165) is 43.5 Å². The van der Waals surface area contributed by atoms with Crippen LogP contribution >= 0.6 is 0 Å². The summed E-state index contributed by atoms with van der Waals surface area (Å²) in [5.41, 5.74) is 0.921. The number of nitrogens with zero attached hydrogens (tertiary/aromatic N) is 3. The minimum absolute atomic E-state index is 0.100. The molecular weight excluding hydrogens is 484 g/mol. The van der Waals surface area contributed by atoms with Crippen molar-refractivity contribution in [1.82, 2.24) is 20.6 Å². The third kappa shape index (κ3) is 16.2. The van der Waals surface area contributed by atoms with Crippen LogP contribution in [0.15, 0.2) is 24.3 Å². The highest BCUT2D eigenvalue weighted by Crippen LogP contribution is 2.19. The summed E-state index contributed by atoms with van der Waals surface area (Å²) in [4.78, 5) is 21.9. The fraction of sp³-hybridized carbons (Fsp3) is 0.690. The number of unbranched alkanes of at least 4 members (excludes halogenated alkanes) is 12. The van der Waals surface area contributed by atoms with Gasteiger partial charge < -0.3 is 19.0 Å². The van der Waals surface area contributed by atoms with Gasteiger partial charge in [-0.2, -0.15) is 5.21 Å². The highest BCUT2D eigenvalue weighted by molar-refractivity contribution is 5.78. The Bertz CT molecular complexity index is 830. The SMILES string of the molecule is O=CCOCCOCCC(=O)CCCCCCCCCCCCCCCOc1ccc(-c2nn[nH]n2)cc1. The van der Waals surface area contributed by atoms with Gasteiger partial charge in [0.1, 0.15) is 24.4 Å². The minimum Gasteiger partial charge on any atom is -0.494 e. The summed E-state index contributed by atoms with van der Waals surface area (Å²) in [6.45, 7) is 2.12. The van der Waals surface area contributed by atoms with Crippen LogP contribution in [0, 0.1) is 0 Å². The smallest absolute Gasteiger partial charge is 0.204 e. The number of aromatic nitrogens is 4. The summed E-state index contributed by atoms with van der Waals surface area (Å²) in [7, 11) is 0. The Hall–Kier alpha value is -2.65. The molecule has 1 N–H and O–H groups in total. The van der Waals surface area contributed by atoms with Gasteiger partial charge in [0.25, 0.3) is 0 Å². The predicted molar refractivity (Wildman–Crippen MR) is 147 cm³/mol. The first-order valence-corrected chi connectivity index (χ1v) is 14.4. The normalized spacial score (nSPS) is 11.1. The van der Waals surface area contributed by atoms with Gasteiger partial charge in [0.2, 0.25) is 5.82 Å². The van der Waals surface area contributed by atoms with E-state index in [1.807, 2.05) is 24.3 Å². The molecule has 0 aliphatic heterocycles. The first-order valence-electron chi connectivity index (χ1n) is 14.4. The molecule has 9 nitrogen and oxygen atoms in total. The Morgan fingerprint density at radius 2 is 1.32 bits per heavy atom. The molecule has 2 aromatic rings. The van der Waals surface area contributed by atoms with Gasteiger partial charge in [0.05, 0.1) is 26.4 Å². The number of nitrogens with one attached hydrogen (secondary N) is 1. The van der Waals surface area contributed by atoms with Gasteiger partial charge in [-0.15, -0.1) is 10.2 Å². The lowest BCUT2D eigenvalue weighted by atomic mass is 10.0. The first kappa shape index (κ1) is 31.6. The van der Waals surface area contributed by atoms with Crippen LogP contribution in [0.25, 0.3) is 11.4 Å². The van der Waals surface area contributed by atoms with Gasteiger partial charge in [-0.1, -0.05) is 70.6 Å². The van der Waals surface area contributed by atoms with E-state index in [1.165, 1.54) is 64.2 Å². The number of aldehydes is 1. The van der Waals surface area contributed by atoms with E-state index < -0.39 is 0 Å². The highest BCUT2D eigenvalue weighted by Gasteiger charge is 2.04. The lowest BCUT2D eigenvalue weighted by Gasteiger charge is -2.07. The Labute approximate surface area is 227 Å². The maximum Gasteiger partial charge on any atom is 0.204 e. The molecule has 1 aromatic heterocycles. The number of H-pyrrole nitrogens is 1. The topological polar surface area (TPSA) is 116 Å². The fourth-order valence-electron chi connectivity index (χ4n) is 4.21. The zero-order chi connectivity index (χ0) is 26.9. The van der Waals surface area contributed by atoms with Crippen molar-refractivity contribution in [3.05, 3.63) is 24.3 Å². The monoisotopic (exact) mass is 530 g/mol. The summed E-state index contributed by atoms with van der Waals surface area (Å²) < 4.78 is 16.2. The summed E-state index contributed by atoms with van der Waals surface area (Å²) in [6, 6.07) is 7.79. The molecule has 0 atom stereocenters. The van der Waals surface area contributed by atoms with E-state index >= 15 is 0 Å². The van der Waals surface area contributed by atoms with Crippen LogP contribution in [0.2, 0.25) is 0 Å². The number of carbonyl (C=O) groups is 2. The van der Waals surface area contributed by atoms with Crippen molar-refractivity contribution >= 4 is 12.1 Å². The number of rotatable bonds is 26. The van der Waals surface area contributed by atoms with Crippen LogP contribution in [-0.2, 0) is 19.1 Å². The van der Waals surface area contributed by atoms with Crippen LogP contribution in [0.1, 0.15) is 96.3 Å². The zero-order valence-corrected chi connectivity index (χ0v) is 22.9. The van der Waals surface area contributed by atoms with E-state index in [9.17, 15) is 9.59 Å². The van der Waals surface area contributed by atoms with Gasteiger partial charge in [-0.3, -0.25) is 4.79 Å². The maximum atomic E-state index is 11.8. The number of hydrogen-bond acceptors (Lipinski definition) is 8. The second-order valence-electron chi connectivity index (χ2n) is 9.60. The predicted octanol–water partition coefficient (Wildman–Crippen LogP) is 5.90. The molecule has 0 aliphatic rings. The molecule has 9 heteroatoms. The highest BCUT2D eigenvalue weighted by atomic mass is 16.5. The quantitative estimate of drug-likeness (QED) is 0.118. The number of Topliss-reactive ketones (excluding diaryl/α,β-unsaturated/α-hetero) is 1. The summed E-state index contributed by atoms with van der Waals surface area (Å²) in [5.74, 6) is 1.74.